The zero-order valence-electron chi connectivity index (χ0n) is 27.2. The molecule has 4 fully saturated rings. The van der Waals surface area contributed by atoms with Gasteiger partial charge >= 0.3 is 0 Å². The van der Waals surface area contributed by atoms with Gasteiger partial charge in [0.25, 0.3) is 11.6 Å². The first-order valence-electron chi connectivity index (χ1n) is 15.9. The fraction of sp³-hybridized carbons (Fsp3) is 0.636. The van der Waals surface area contributed by atoms with Crippen LogP contribution in [0.4, 0.5) is 0 Å². The second-order valence-electron chi connectivity index (χ2n) is 13.4. The van der Waals surface area contributed by atoms with Crippen molar-refractivity contribution < 1.29 is 72.6 Å². The molecule has 5 heterocycles. The summed E-state index contributed by atoms with van der Waals surface area (Å²) in [5.74, 6) is -4.76. The summed E-state index contributed by atoms with van der Waals surface area (Å²) >= 11 is 0. The first-order valence-corrected chi connectivity index (χ1v) is 15.9. The van der Waals surface area contributed by atoms with Gasteiger partial charge in [-0.25, -0.2) is 0 Å². The smallest absolute Gasteiger partial charge is 0.279 e. The largest absolute Gasteiger partial charge is 0.506 e. The number of aromatic hydroxyl groups is 1. The standard InChI is InChI=1S/C33H38O15/c1-12-9-15-21(24(38)22-16(35)7-8-17(36)23(22)25(15)40-4)26-20(12)27-28-32(46-26,30(11-43-30)33(47-27,48-28)29(41-5)42-6)45-19-10-18(37)31(39,13(2)34)14(3)44-19/h9,14,17-19,27-29,36-39H,7-8,10-11H2,1-6H3/t14-,17-,18+,19-,27-,28-,30-,31+,32+,33-/m0/s1. The van der Waals surface area contributed by atoms with Crippen molar-refractivity contribution in [3.63, 3.8) is 0 Å². The van der Waals surface area contributed by atoms with Crippen molar-refractivity contribution in [3.8, 4) is 17.2 Å². The van der Waals surface area contributed by atoms with Crippen LogP contribution in [0.15, 0.2) is 6.07 Å². The van der Waals surface area contributed by atoms with Gasteiger partial charge in [-0.2, -0.15) is 0 Å². The van der Waals surface area contributed by atoms with Gasteiger partial charge in [-0.3, -0.25) is 9.59 Å². The van der Waals surface area contributed by atoms with Gasteiger partial charge in [0.15, 0.2) is 29.6 Å². The Morgan fingerprint density at radius 3 is 2.44 bits per heavy atom. The van der Waals surface area contributed by atoms with Crippen LogP contribution in [0.5, 0.6) is 17.2 Å². The number of phenolic OH excluding ortho intramolecular Hbond substituents is 1. The molecule has 5 aliphatic heterocycles. The Kier molecular flexibility index (Phi) is 6.92. The second-order valence-corrected chi connectivity index (χ2v) is 13.4. The van der Waals surface area contributed by atoms with Crippen LogP contribution >= 0.6 is 0 Å². The van der Waals surface area contributed by atoms with E-state index in [1.165, 1.54) is 35.2 Å². The van der Waals surface area contributed by atoms with E-state index in [1.807, 2.05) is 6.92 Å². The SMILES string of the molecule is COc1c2c(c(O)c3c4c(c(C)cc13)[C@@H]1O[C@@]3(C(OC)OC)O[C@@H]1[C@@](O[C@H]1C[C@@H](O)[C@@](O)(C(C)=O)[C@H](C)O1)(O4)[C@@]31CO1)C(=O)CC[C@@H]2O. The van der Waals surface area contributed by atoms with E-state index in [2.05, 4.69) is 0 Å². The number of epoxide rings is 1. The minimum Gasteiger partial charge on any atom is -0.506 e. The molecular formula is C33H38O15. The summed E-state index contributed by atoms with van der Waals surface area (Å²) in [4.78, 5) is 25.6. The molecule has 260 valence electrons. The Morgan fingerprint density at radius 2 is 1.83 bits per heavy atom. The fourth-order valence-corrected chi connectivity index (χ4v) is 8.70. The molecule has 2 aromatic carbocycles. The molecule has 2 aromatic rings. The van der Waals surface area contributed by atoms with Crippen molar-refractivity contribution in [1.82, 2.24) is 0 Å². The maximum Gasteiger partial charge on any atom is 0.279 e. The molecular weight excluding hydrogens is 636 g/mol. The van der Waals surface area contributed by atoms with Crippen molar-refractivity contribution in [3.05, 3.63) is 28.3 Å². The number of aryl methyl sites for hydroxylation is 1. The molecule has 0 aromatic heterocycles. The van der Waals surface area contributed by atoms with Crippen molar-refractivity contribution in [1.29, 1.82) is 0 Å². The highest BCUT2D eigenvalue weighted by molar-refractivity contribution is 6.12. The van der Waals surface area contributed by atoms with Gasteiger partial charge in [-0.05, 0) is 38.8 Å². The number of fused-ring (bicyclic) bond motifs is 8. The predicted octanol–water partition coefficient (Wildman–Crippen LogP) is 1.35. The quantitative estimate of drug-likeness (QED) is 0.242. The lowest BCUT2D eigenvalue weighted by atomic mass is 9.77. The summed E-state index contributed by atoms with van der Waals surface area (Å²) in [6, 6.07) is 1.76. The van der Waals surface area contributed by atoms with Crippen LogP contribution in [0.1, 0.15) is 72.4 Å². The minimum absolute atomic E-state index is 0.0149. The number of phenols is 1. The highest BCUT2D eigenvalue weighted by Gasteiger charge is 2.94. The Bertz CT molecular complexity index is 1740. The summed E-state index contributed by atoms with van der Waals surface area (Å²) < 4.78 is 56.3. The van der Waals surface area contributed by atoms with Gasteiger partial charge in [0.1, 0.15) is 23.4 Å². The summed E-state index contributed by atoms with van der Waals surface area (Å²) in [7, 11) is 4.25. The number of hydrogen-bond donors (Lipinski definition) is 4. The number of rotatable bonds is 7. The molecule has 15 nitrogen and oxygen atoms in total. The van der Waals surface area contributed by atoms with Gasteiger partial charge in [0, 0.05) is 43.6 Å². The number of carbonyl (C=O) groups is 2. The van der Waals surface area contributed by atoms with Crippen molar-refractivity contribution in [2.24, 2.45) is 0 Å². The fourth-order valence-electron chi connectivity index (χ4n) is 8.70. The molecule has 10 atom stereocenters. The third-order valence-electron chi connectivity index (χ3n) is 11.1. The summed E-state index contributed by atoms with van der Waals surface area (Å²) in [6.07, 6.45) is -8.30. The molecule has 4 N–H and O–H groups in total. The van der Waals surface area contributed by atoms with E-state index in [4.69, 9.17) is 42.6 Å². The number of ketones is 2. The molecule has 2 bridgehead atoms. The minimum atomic E-state index is -2.17. The van der Waals surface area contributed by atoms with E-state index >= 15 is 0 Å². The van der Waals surface area contributed by atoms with Crippen LogP contribution in [0, 0.1) is 6.92 Å². The van der Waals surface area contributed by atoms with Crippen LogP contribution in [0.25, 0.3) is 10.8 Å². The molecule has 1 aliphatic carbocycles. The van der Waals surface area contributed by atoms with E-state index in [-0.39, 0.29) is 59.7 Å². The third kappa shape index (κ3) is 3.62. The Balaban J connectivity index is 1.35. The molecule has 15 heteroatoms. The van der Waals surface area contributed by atoms with Crippen LogP contribution in [0.2, 0.25) is 0 Å². The number of carbonyl (C=O) groups excluding carboxylic acids is 2. The molecule has 8 rings (SSSR count). The Labute approximate surface area is 274 Å². The Morgan fingerprint density at radius 1 is 1.12 bits per heavy atom. The first-order chi connectivity index (χ1) is 22.8. The molecule has 6 aliphatic rings. The normalized spacial score (nSPS) is 40.7. The lowest BCUT2D eigenvalue weighted by Crippen LogP contribution is -2.72. The second kappa shape index (κ2) is 10.3. The number of hydrogen-bond acceptors (Lipinski definition) is 15. The Hall–Kier alpha value is -2.96. The molecule has 0 amide bonds. The van der Waals surface area contributed by atoms with Crippen molar-refractivity contribution in [2.45, 2.75) is 106 Å². The number of aliphatic hydroxyl groups is 3. The predicted molar refractivity (Wildman–Crippen MR) is 158 cm³/mol. The molecule has 48 heavy (non-hydrogen) atoms. The maximum absolute atomic E-state index is 13.3. The van der Waals surface area contributed by atoms with Crippen LogP contribution in [-0.4, -0.2) is 114 Å². The van der Waals surface area contributed by atoms with Crippen molar-refractivity contribution >= 4 is 22.3 Å². The van der Waals surface area contributed by atoms with Gasteiger partial charge in [0.2, 0.25) is 11.9 Å². The summed E-state index contributed by atoms with van der Waals surface area (Å²) in [5, 5.41) is 45.4. The first kappa shape index (κ1) is 32.3. The molecule has 4 saturated heterocycles. The molecule has 1 spiro atoms. The van der Waals surface area contributed by atoms with E-state index in [1.54, 1.807) is 6.07 Å². The maximum atomic E-state index is 13.3. The van der Waals surface area contributed by atoms with Crippen molar-refractivity contribution in [2.75, 3.05) is 27.9 Å². The lowest BCUT2D eigenvalue weighted by Gasteiger charge is -2.52. The number of ether oxygens (including phenoxy) is 9. The molecule has 0 unspecified atom stereocenters. The van der Waals surface area contributed by atoms with Gasteiger partial charge in [-0.1, -0.05) is 0 Å². The van der Waals surface area contributed by atoms with Crippen LogP contribution < -0.4 is 9.47 Å². The number of Topliss-reactive ketones (excluding diaryl/α,β-unsaturated/α-hetero) is 2. The third-order valence-corrected chi connectivity index (χ3v) is 11.1. The number of benzene rings is 2. The van der Waals surface area contributed by atoms with Crippen LogP contribution in [-0.2, 0) is 38.0 Å². The number of aliphatic hydroxyl groups excluding tert-OH is 2. The summed E-state index contributed by atoms with van der Waals surface area (Å²) in [6.45, 7) is 4.41. The summed E-state index contributed by atoms with van der Waals surface area (Å²) in [5.41, 5.74) is -2.45. The average molecular weight is 675 g/mol. The van der Waals surface area contributed by atoms with E-state index in [0.29, 0.717) is 16.5 Å². The van der Waals surface area contributed by atoms with E-state index in [9.17, 15) is 30.0 Å². The monoisotopic (exact) mass is 674 g/mol. The highest BCUT2D eigenvalue weighted by atomic mass is 16.9. The molecule has 0 saturated carbocycles. The zero-order valence-corrected chi connectivity index (χ0v) is 27.2. The van der Waals surface area contributed by atoms with Crippen LogP contribution in [0.3, 0.4) is 0 Å². The topological polar surface area (TPSA) is 201 Å². The van der Waals surface area contributed by atoms with Gasteiger partial charge < -0.3 is 63.1 Å². The molecule has 0 radical (unpaired) electrons. The lowest BCUT2D eigenvalue weighted by molar-refractivity contribution is -0.385. The zero-order chi connectivity index (χ0) is 34.3. The number of methoxy groups -OCH3 is 3. The van der Waals surface area contributed by atoms with E-state index < -0.39 is 77.4 Å². The van der Waals surface area contributed by atoms with Gasteiger partial charge in [-0.15, -0.1) is 0 Å². The highest BCUT2D eigenvalue weighted by Crippen LogP contribution is 2.72. The van der Waals surface area contributed by atoms with Gasteiger partial charge in [0.05, 0.1) is 43.0 Å². The van der Waals surface area contributed by atoms with E-state index in [0.717, 1.165) is 0 Å². The average Bonchev–Trinajstić information content (AvgIpc) is 3.71.